The second kappa shape index (κ2) is 5.62. The minimum absolute atomic E-state index is 0.227. The molecule has 1 aromatic carbocycles. The van der Waals surface area contributed by atoms with Crippen LogP contribution in [0, 0.1) is 5.92 Å². The number of nitrogens with zero attached hydrogens (tertiary/aromatic N) is 2. The van der Waals surface area contributed by atoms with E-state index in [4.69, 9.17) is 16.4 Å². The van der Waals surface area contributed by atoms with Gasteiger partial charge in [0.05, 0.1) is 5.71 Å². The Morgan fingerprint density at radius 2 is 1.90 bits per heavy atom. The zero-order valence-corrected chi connectivity index (χ0v) is 13.7. The van der Waals surface area contributed by atoms with Crippen molar-refractivity contribution >= 4 is 17.3 Å². The van der Waals surface area contributed by atoms with E-state index in [-0.39, 0.29) is 5.60 Å². The van der Waals surface area contributed by atoms with E-state index in [1.165, 1.54) is 17.7 Å². The lowest BCUT2D eigenvalue weighted by Crippen LogP contribution is -2.31. The molecule has 2 heterocycles. The van der Waals surface area contributed by atoms with Crippen molar-refractivity contribution in [1.82, 2.24) is 4.90 Å². The van der Waals surface area contributed by atoms with Crippen molar-refractivity contribution in [2.24, 2.45) is 11.1 Å². The van der Waals surface area contributed by atoms with Gasteiger partial charge in [-0.15, -0.1) is 0 Å². The summed E-state index contributed by atoms with van der Waals surface area (Å²) in [5.74, 6) is 1.01. The zero-order chi connectivity index (χ0) is 15.0. The first kappa shape index (κ1) is 14.9. The van der Waals surface area contributed by atoms with Crippen molar-refractivity contribution in [2.45, 2.75) is 38.7 Å². The molecule has 0 N–H and O–H groups in total. The van der Waals surface area contributed by atoms with Crippen LogP contribution in [0.15, 0.2) is 29.4 Å². The van der Waals surface area contributed by atoms with Crippen molar-refractivity contribution < 1.29 is 4.84 Å². The SMILES string of the molecule is CC(C)(C)O/N=C1\CN2CC[C@@H](c3ccc(Cl)cc3)[C@@H]1C2. The zero-order valence-electron chi connectivity index (χ0n) is 13.0. The van der Waals surface area contributed by atoms with E-state index < -0.39 is 0 Å². The van der Waals surface area contributed by atoms with Crippen molar-refractivity contribution in [2.75, 3.05) is 19.6 Å². The monoisotopic (exact) mass is 306 g/mol. The van der Waals surface area contributed by atoms with Crippen molar-refractivity contribution in [1.29, 1.82) is 0 Å². The van der Waals surface area contributed by atoms with E-state index in [1.54, 1.807) is 0 Å². The number of fused-ring (bicyclic) bond motifs is 2. The quantitative estimate of drug-likeness (QED) is 0.773. The summed E-state index contributed by atoms with van der Waals surface area (Å²) in [5, 5.41) is 5.28. The van der Waals surface area contributed by atoms with Gasteiger partial charge in [0.1, 0.15) is 5.60 Å². The number of oxime groups is 1. The minimum atomic E-state index is -0.227. The van der Waals surface area contributed by atoms with E-state index in [2.05, 4.69) is 22.2 Å². The van der Waals surface area contributed by atoms with Crippen LogP contribution in [0.2, 0.25) is 5.02 Å². The van der Waals surface area contributed by atoms with Crippen LogP contribution in [0.4, 0.5) is 0 Å². The Labute approximate surface area is 131 Å². The molecule has 0 aliphatic carbocycles. The molecule has 3 rings (SSSR count). The number of hydrogen-bond donors (Lipinski definition) is 0. The Morgan fingerprint density at radius 3 is 2.57 bits per heavy atom. The Hall–Kier alpha value is -1.06. The number of halogens is 1. The lowest BCUT2D eigenvalue weighted by Gasteiger charge is -2.30. The van der Waals surface area contributed by atoms with Gasteiger partial charge in [-0.1, -0.05) is 28.9 Å². The average molecular weight is 307 g/mol. The van der Waals surface area contributed by atoms with Crippen LogP contribution in [0.5, 0.6) is 0 Å². The predicted molar refractivity (Wildman–Crippen MR) is 87.0 cm³/mol. The normalized spacial score (nSPS) is 30.7. The number of hydrogen-bond acceptors (Lipinski definition) is 3. The number of piperidine rings is 1. The third kappa shape index (κ3) is 3.41. The molecule has 2 saturated heterocycles. The maximum atomic E-state index is 6.01. The van der Waals surface area contributed by atoms with Gasteiger partial charge in [-0.3, -0.25) is 4.90 Å². The summed E-state index contributed by atoms with van der Waals surface area (Å²) in [7, 11) is 0. The highest BCUT2D eigenvalue weighted by Gasteiger charge is 2.40. The smallest absolute Gasteiger partial charge is 0.129 e. The molecule has 1 aromatic rings. The van der Waals surface area contributed by atoms with Crippen LogP contribution in [0.3, 0.4) is 0 Å². The lowest BCUT2D eigenvalue weighted by atomic mass is 9.81. The van der Waals surface area contributed by atoms with Crippen LogP contribution in [0.1, 0.15) is 38.7 Å². The van der Waals surface area contributed by atoms with Gasteiger partial charge in [-0.25, -0.2) is 0 Å². The third-order valence-electron chi connectivity index (χ3n) is 4.25. The Kier molecular flexibility index (Phi) is 3.98. The first-order chi connectivity index (χ1) is 9.92. The molecule has 3 atom stereocenters. The standard InChI is InChI=1S/C17H23ClN2O/c1-17(2,3)21-19-16-11-20-9-8-14(15(16)10-20)12-4-6-13(18)7-5-12/h4-7,14-15H,8-11H2,1-3H3/b19-16+/t14-,15-/m0/s1. The molecule has 21 heavy (non-hydrogen) atoms. The highest BCUT2D eigenvalue weighted by atomic mass is 35.5. The molecule has 114 valence electrons. The summed E-state index contributed by atoms with van der Waals surface area (Å²) in [4.78, 5) is 8.14. The molecule has 2 fully saturated rings. The largest absolute Gasteiger partial charge is 0.390 e. The maximum Gasteiger partial charge on any atom is 0.129 e. The highest BCUT2D eigenvalue weighted by molar-refractivity contribution is 6.30. The molecule has 0 spiro atoms. The van der Waals surface area contributed by atoms with Gasteiger partial charge >= 0.3 is 0 Å². The topological polar surface area (TPSA) is 24.8 Å². The molecule has 1 unspecified atom stereocenters. The van der Waals surface area contributed by atoms with Gasteiger partial charge in [0.25, 0.3) is 0 Å². The molecule has 0 aromatic heterocycles. The molecular weight excluding hydrogens is 284 g/mol. The second-order valence-electron chi connectivity index (χ2n) is 7.07. The molecule has 3 nitrogen and oxygen atoms in total. The summed E-state index contributed by atoms with van der Waals surface area (Å²) >= 11 is 6.01. The van der Waals surface area contributed by atoms with Crippen molar-refractivity contribution in [3.05, 3.63) is 34.9 Å². The molecule has 2 aliphatic heterocycles. The lowest BCUT2D eigenvalue weighted by molar-refractivity contribution is 0.0000307. The van der Waals surface area contributed by atoms with Gasteiger partial charge in [0.2, 0.25) is 0 Å². The van der Waals surface area contributed by atoms with Gasteiger partial charge in [0.15, 0.2) is 0 Å². The van der Waals surface area contributed by atoms with Crippen LogP contribution in [-0.2, 0) is 4.84 Å². The fraction of sp³-hybridized carbons (Fsp3) is 0.588. The van der Waals surface area contributed by atoms with E-state index in [1.807, 2.05) is 32.9 Å². The van der Waals surface area contributed by atoms with Crippen molar-refractivity contribution in [3.63, 3.8) is 0 Å². The van der Waals surface area contributed by atoms with Crippen LogP contribution in [0.25, 0.3) is 0 Å². The summed E-state index contributed by atoms with van der Waals surface area (Å²) < 4.78 is 0. The Morgan fingerprint density at radius 1 is 1.19 bits per heavy atom. The summed E-state index contributed by atoms with van der Waals surface area (Å²) in [6, 6.07) is 8.29. The van der Waals surface area contributed by atoms with Crippen LogP contribution < -0.4 is 0 Å². The summed E-state index contributed by atoms with van der Waals surface area (Å²) in [5.41, 5.74) is 2.34. The third-order valence-corrected chi connectivity index (χ3v) is 4.50. The molecule has 0 saturated carbocycles. The molecule has 4 heteroatoms. The fourth-order valence-electron chi connectivity index (χ4n) is 3.25. The molecule has 0 amide bonds. The van der Waals surface area contributed by atoms with E-state index in [0.717, 1.165) is 24.7 Å². The van der Waals surface area contributed by atoms with E-state index in [0.29, 0.717) is 11.8 Å². The molecule has 2 bridgehead atoms. The van der Waals surface area contributed by atoms with Gasteiger partial charge < -0.3 is 4.84 Å². The molecule has 2 aliphatic rings. The van der Waals surface area contributed by atoms with Crippen molar-refractivity contribution in [3.8, 4) is 0 Å². The molecule has 0 radical (unpaired) electrons. The highest BCUT2D eigenvalue weighted by Crippen LogP contribution is 2.38. The van der Waals surface area contributed by atoms with E-state index in [9.17, 15) is 0 Å². The predicted octanol–water partition coefficient (Wildman–Crippen LogP) is 3.93. The number of rotatable bonds is 2. The second-order valence-corrected chi connectivity index (χ2v) is 7.51. The van der Waals surface area contributed by atoms with Crippen LogP contribution >= 0.6 is 11.6 Å². The average Bonchev–Trinajstić information content (AvgIpc) is 2.74. The number of benzene rings is 1. The van der Waals surface area contributed by atoms with Gasteiger partial charge in [0, 0.05) is 24.0 Å². The Balaban J connectivity index is 1.82. The summed E-state index contributed by atoms with van der Waals surface area (Å²) in [6.45, 7) is 9.29. The minimum Gasteiger partial charge on any atom is -0.390 e. The fourth-order valence-corrected chi connectivity index (χ4v) is 3.37. The first-order valence-corrected chi connectivity index (χ1v) is 8.03. The maximum absolute atomic E-state index is 6.01. The van der Waals surface area contributed by atoms with E-state index >= 15 is 0 Å². The molecular formula is C17H23ClN2O. The summed E-state index contributed by atoms with van der Waals surface area (Å²) in [6.07, 6.45) is 1.18. The first-order valence-electron chi connectivity index (χ1n) is 7.65. The Bertz CT molecular complexity index is 533. The van der Waals surface area contributed by atoms with Gasteiger partial charge in [-0.2, -0.15) is 0 Å². The van der Waals surface area contributed by atoms with Gasteiger partial charge in [-0.05, 0) is 57.4 Å². The van der Waals surface area contributed by atoms with Crippen LogP contribution in [-0.4, -0.2) is 35.8 Å².